The van der Waals surface area contributed by atoms with Gasteiger partial charge in [0, 0.05) is 32.8 Å². The van der Waals surface area contributed by atoms with E-state index in [1.54, 1.807) is 14.2 Å². The molecule has 0 amide bonds. The van der Waals surface area contributed by atoms with Crippen molar-refractivity contribution >= 4 is 29.9 Å². The molecule has 6 nitrogen and oxygen atoms in total. The average Bonchev–Trinajstić information content (AvgIpc) is 3.59. The van der Waals surface area contributed by atoms with Crippen molar-refractivity contribution in [2.45, 2.75) is 32.9 Å². The second-order valence-corrected chi connectivity index (χ2v) is 7.63. The molecule has 170 valence electrons. The number of methoxy groups -OCH3 is 1. The molecule has 2 aromatic carbocycles. The summed E-state index contributed by atoms with van der Waals surface area (Å²) in [5, 5.41) is 6.74. The molecule has 0 radical (unpaired) electrons. The summed E-state index contributed by atoms with van der Waals surface area (Å²) in [5.74, 6) is 3.30. The minimum atomic E-state index is 0. The van der Waals surface area contributed by atoms with Gasteiger partial charge in [-0.1, -0.05) is 24.3 Å². The minimum absolute atomic E-state index is 0. The van der Waals surface area contributed by atoms with Crippen LogP contribution in [0.2, 0.25) is 0 Å². The van der Waals surface area contributed by atoms with E-state index in [0.717, 1.165) is 41.1 Å². The molecule has 3 rings (SSSR count). The molecule has 0 heterocycles. The van der Waals surface area contributed by atoms with Gasteiger partial charge in [0.1, 0.15) is 18.1 Å². The molecule has 2 aromatic rings. The number of nitrogens with zero attached hydrogens (tertiary/aromatic N) is 1. The van der Waals surface area contributed by atoms with Gasteiger partial charge in [0.2, 0.25) is 0 Å². The second kappa shape index (κ2) is 13.4. The second-order valence-electron chi connectivity index (χ2n) is 7.63. The molecule has 0 aromatic heterocycles. The van der Waals surface area contributed by atoms with E-state index < -0.39 is 0 Å². The van der Waals surface area contributed by atoms with E-state index in [0.29, 0.717) is 26.3 Å². The maximum atomic E-state index is 6.06. The molecule has 1 saturated carbocycles. The molecule has 1 aliphatic rings. The zero-order valence-electron chi connectivity index (χ0n) is 18.6. The molecule has 0 saturated heterocycles. The van der Waals surface area contributed by atoms with Crippen LogP contribution in [0.4, 0.5) is 0 Å². The van der Waals surface area contributed by atoms with Crippen molar-refractivity contribution in [1.29, 1.82) is 0 Å². The van der Waals surface area contributed by atoms with Crippen LogP contribution in [0, 0.1) is 12.8 Å². The summed E-state index contributed by atoms with van der Waals surface area (Å²) < 4.78 is 16.7. The molecule has 0 aliphatic heterocycles. The van der Waals surface area contributed by atoms with Crippen LogP contribution < -0.4 is 20.1 Å². The molecule has 0 spiro atoms. The number of hydrogen-bond donors (Lipinski definition) is 2. The van der Waals surface area contributed by atoms with Crippen molar-refractivity contribution in [3.63, 3.8) is 0 Å². The first kappa shape index (κ1) is 25.3. The summed E-state index contributed by atoms with van der Waals surface area (Å²) in [6, 6.07) is 14.4. The summed E-state index contributed by atoms with van der Waals surface area (Å²) >= 11 is 0. The first-order valence-corrected chi connectivity index (χ1v) is 10.6. The highest BCUT2D eigenvalue weighted by Gasteiger charge is 2.22. The molecule has 31 heavy (non-hydrogen) atoms. The molecule has 1 aliphatic carbocycles. The number of aryl methyl sites for hydroxylation is 1. The van der Waals surface area contributed by atoms with E-state index in [2.05, 4.69) is 40.7 Å². The van der Waals surface area contributed by atoms with Crippen molar-refractivity contribution in [2.24, 2.45) is 10.9 Å². The van der Waals surface area contributed by atoms with E-state index in [9.17, 15) is 0 Å². The minimum Gasteiger partial charge on any atom is -0.493 e. The van der Waals surface area contributed by atoms with Gasteiger partial charge in [-0.15, -0.1) is 24.0 Å². The number of rotatable bonds is 11. The molecule has 7 heteroatoms. The fourth-order valence-electron chi connectivity index (χ4n) is 2.97. The third kappa shape index (κ3) is 8.95. The topological polar surface area (TPSA) is 64.1 Å². The van der Waals surface area contributed by atoms with E-state index in [-0.39, 0.29) is 24.0 Å². The van der Waals surface area contributed by atoms with Crippen LogP contribution in [0.3, 0.4) is 0 Å². The quantitative estimate of drug-likeness (QED) is 0.193. The third-order valence-electron chi connectivity index (χ3n) is 5.00. The fraction of sp³-hybridized carbons (Fsp3) is 0.458. The molecular formula is C24H34IN3O3. The van der Waals surface area contributed by atoms with Gasteiger partial charge in [0.15, 0.2) is 5.96 Å². The Morgan fingerprint density at radius 2 is 1.74 bits per heavy atom. The van der Waals surface area contributed by atoms with Crippen LogP contribution >= 0.6 is 24.0 Å². The van der Waals surface area contributed by atoms with Gasteiger partial charge >= 0.3 is 0 Å². The number of halogens is 1. The number of hydrogen-bond acceptors (Lipinski definition) is 4. The van der Waals surface area contributed by atoms with Gasteiger partial charge in [-0.05, 0) is 55.0 Å². The van der Waals surface area contributed by atoms with Gasteiger partial charge < -0.3 is 24.8 Å². The first-order valence-electron chi connectivity index (χ1n) is 10.6. The Morgan fingerprint density at radius 3 is 2.42 bits per heavy atom. The number of nitrogens with one attached hydrogen (secondary N) is 2. The van der Waals surface area contributed by atoms with Crippen LogP contribution in [0.5, 0.6) is 11.5 Å². The highest BCUT2D eigenvalue weighted by molar-refractivity contribution is 14.0. The lowest BCUT2D eigenvalue weighted by Gasteiger charge is -2.15. The Hall–Kier alpha value is -2.00. The lowest BCUT2D eigenvalue weighted by atomic mass is 10.1. The number of benzene rings is 2. The van der Waals surface area contributed by atoms with Crippen molar-refractivity contribution in [3.05, 3.63) is 59.2 Å². The lowest BCUT2D eigenvalue weighted by Crippen LogP contribution is -2.36. The predicted molar refractivity (Wildman–Crippen MR) is 136 cm³/mol. The monoisotopic (exact) mass is 539 g/mol. The summed E-state index contributed by atoms with van der Waals surface area (Å²) in [6.07, 6.45) is 2.58. The van der Waals surface area contributed by atoms with Crippen molar-refractivity contribution < 1.29 is 14.2 Å². The summed E-state index contributed by atoms with van der Waals surface area (Å²) in [7, 11) is 3.45. The van der Waals surface area contributed by atoms with Gasteiger partial charge in [-0.2, -0.15) is 0 Å². The largest absolute Gasteiger partial charge is 0.493 e. The first-order chi connectivity index (χ1) is 14.7. The smallest absolute Gasteiger partial charge is 0.191 e. The van der Waals surface area contributed by atoms with Crippen LogP contribution in [-0.2, 0) is 17.8 Å². The van der Waals surface area contributed by atoms with Crippen LogP contribution in [0.1, 0.15) is 29.5 Å². The normalized spacial score (nSPS) is 13.3. The Balaban J connectivity index is 0.00000341. The highest BCUT2D eigenvalue weighted by Crippen LogP contribution is 2.30. The van der Waals surface area contributed by atoms with Crippen molar-refractivity contribution in [1.82, 2.24) is 10.6 Å². The van der Waals surface area contributed by atoms with Crippen LogP contribution in [0.25, 0.3) is 0 Å². The fourth-order valence-corrected chi connectivity index (χ4v) is 2.97. The molecule has 0 bridgehead atoms. The molecular weight excluding hydrogens is 505 g/mol. The van der Waals surface area contributed by atoms with Crippen LogP contribution in [-0.4, -0.2) is 39.9 Å². The number of aliphatic imine (C=N–C) groups is 1. The van der Waals surface area contributed by atoms with Crippen LogP contribution in [0.15, 0.2) is 47.5 Å². The number of ether oxygens (including phenoxy) is 3. The highest BCUT2D eigenvalue weighted by atomic mass is 127. The Kier molecular flexibility index (Phi) is 10.9. The van der Waals surface area contributed by atoms with E-state index >= 15 is 0 Å². The average molecular weight is 539 g/mol. The van der Waals surface area contributed by atoms with Gasteiger partial charge in [0.05, 0.1) is 13.2 Å². The van der Waals surface area contributed by atoms with E-state index in [4.69, 9.17) is 14.2 Å². The van der Waals surface area contributed by atoms with Gasteiger partial charge in [-0.3, -0.25) is 4.99 Å². The SMILES string of the molecule is CN=C(NCc1ccc(OCCOC)cc1)NCc1ccc(C)cc1OCC1CC1.I. The van der Waals surface area contributed by atoms with Crippen molar-refractivity contribution in [3.8, 4) is 11.5 Å². The predicted octanol–water partition coefficient (Wildman–Crippen LogP) is 4.29. The summed E-state index contributed by atoms with van der Waals surface area (Å²) in [6.45, 7) is 5.38. The number of guanidine groups is 1. The van der Waals surface area contributed by atoms with E-state index in [1.807, 2.05) is 24.3 Å². The molecule has 0 atom stereocenters. The zero-order valence-corrected chi connectivity index (χ0v) is 21.0. The van der Waals surface area contributed by atoms with E-state index in [1.165, 1.54) is 18.4 Å². The third-order valence-corrected chi connectivity index (χ3v) is 5.00. The maximum Gasteiger partial charge on any atom is 0.191 e. The Morgan fingerprint density at radius 1 is 1.00 bits per heavy atom. The summed E-state index contributed by atoms with van der Waals surface area (Å²) in [5.41, 5.74) is 3.50. The molecule has 2 N–H and O–H groups in total. The zero-order chi connectivity index (χ0) is 21.2. The molecule has 1 fully saturated rings. The van der Waals surface area contributed by atoms with Crippen molar-refractivity contribution in [2.75, 3.05) is 34.0 Å². The van der Waals surface area contributed by atoms with Gasteiger partial charge in [-0.25, -0.2) is 0 Å². The molecule has 0 unspecified atom stereocenters. The lowest BCUT2D eigenvalue weighted by molar-refractivity contribution is 0.146. The maximum absolute atomic E-state index is 6.06. The Bertz CT molecular complexity index is 823. The standard InChI is InChI=1S/C24H33N3O3.HI/c1-18-4-9-21(23(14-18)30-17-20-5-6-20)16-27-24(25-2)26-15-19-7-10-22(11-8-19)29-13-12-28-3;/h4,7-11,14,20H,5-6,12-13,15-17H2,1-3H3,(H2,25,26,27);1H. The Labute approximate surface area is 202 Å². The summed E-state index contributed by atoms with van der Waals surface area (Å²) in [4.78, 5) is 4.33. The van der Waals surface area contributed by atoms with Gasteiger partial charge in [0.25, 0.3) is 0 Å².